The summed E-state index contributed by atoms with van der Waals surface area (Å²) < 4.78 is 24.4. The summed E-state index contributed by atoms with van der Waals surface area (Å²) in [5, 5.41) is 0.673. The molecule has 1 heterocycles. The maximum atomic E-state index is 14.0. The van der Waals surface area contributed by atoms with Crippen LogP contribution in [0.4, 0.5) is 4.39 Å². The molecule has 0 spiro atoms. The first-order chi connectivity index (χ1) is 16.0. The van der Waals surface area contributed by atoms with Crippen molar-refractivity contribution in [2.45, 2.75) is 51.1 Å². The molecule has 0 atom stereocenters. The summed E-state index contributed by atoms with van der Waals surface area (Å²) in [6.45, 7) is 1.74. The number of hydrogen-bond donors (Lipinski definition) is 0. The Morgan fingerprint density at radius 1 is 1.12 bits per heavy atom. The van der Waals surface area contributed by atoms with E-state index in [4.69, 9.17) is 28.6 Å². The van der Waals surface area contributed by atoms with Crippen LogP contribution in [0.1, 0.15) is 43.4 Å². The molecule has 1 aliphatic rings. The number of ether oxygens (including phenoxy) is 1. The molecule has 176 valence electrons. The van der Waals surface area contributed by atoms with E-state index in [2.05, 4.69) is 27.3 Å². The molecule has 1 fully saturated rings. The predicted octanol–water partition coefficient (Wildman–Crippen LogP) is 6.66. The molecule has 0 bridgehead atoms. The molecule has 4 nitrogen and oxygen atoms in total. The number of halogens is 2. The number of benzene rings is 2. The van der Waals surface area contributed by atoms with Gasteiger partial charge in [-0.1, -0.05) is 30.9 Å². The van der Waals surface area contributed by atoms with Gasteiger partial charge in [-0.2, -0.15) is 0 Å². The molecule has 1 saturated carbocycles. The molecule has 0 amide bonds. The Morgan fingerprint density at radius 3 is 2.55 bits per heavy atom. The molecule has 7 heteroatoms. The molecule has 0 unspecified atom stereocenters. The standard InChI is InChI=1S/C26H31ClFN3OS/c1-29(22-6-4-3-5-7-22)14-15-30-18-24(17-19-16-21(28)10-13-25(19)32-2)31(26(30)33)23-11-8-20(27)9-12-23/h8-13,16,18,22H,3-7,14-15,17H2,1-2H3. The minimum Gasteiger partial charge on any atom is -0.496 e. The second-order valence-corrected chi connectivity index (χ2v) is 9.62. The van der Waals surface area contributed by atoms with Crippen LogP contribution in [-0.4, -0.2) is 40.8 Å². The van der Waals surface area contributed by atoms with Crippen LogP contribution in [0, 0.1) is 10.6 Å². The second-order valence-electron chi connectivity index (χ2n) is 8.81. The number of hydrogen-bond acceptors (Lipinski definition) is 3. The van der Waals surface area contributed by atoms with Crippen molar-refractivity contribution >= 4 is 23.8 Å². The Hall–Kier alpha value is -2.15. The number of methoxy groups -OCH3 is 1. The van der Waals surface area contributed by atoms with Crippen LogP contribution < -0.4 is 4.74 Å². The van der Waals surface area contributed by atoms with Crippen LogP contribution in [-0.2, 0) is 13.0 Å². The number of imidazole rings is 1. The Labute approximate surface area is 205 Å². The van der Waals surface area contributed by atoms with E-state index in [9.17, 15) is 4.39 Å². The molecule has 1 aromatic heterocycles. The number of rotatable bonds is 8. The van der Waals surface area contributed by atoms with Crippen molar-refractivity contribution in [3.05, 3.63) is 75.5 Å². The SMILES string of the molecule is COc1ccc(F)cc1Cc1cn(CCN(C)C2CCCCC2)c(=S)n1-c1ccc(Cl)cc1. The molecule has 0 N–H and O–H groups in total. The Balaban J connectivity index is 1.65. The lowest BCUT2D eigenvalue weighted by atomic mass is 9.94. The van der Waals surface area contributed by atoms with Crippen LogP contribution in [0.3, 0.4) is 0 Å². The Kier molecular flexibility index (Phi) is 7.89. The van der Waals surface area contributed by atoms with E-state index in [0.29, 0.717) is 23.2 Å². The molecule has 2 aromatic carbocycles. The number of nitrogens with zero attached hydrogens (tertiary/aromatic N) is 3. The van der Waals surface area contributed by atoms with Crippen molar-refractivity contribution in [2.75, 3.05) is 20.7 Å². The Bertz CT molecular complexity index is 1140. The van der Waals surface area contributed by atoms with Gasteiger partial charge in [-0.3, -0.25) is 4.57 Å². The third-order valence-corrected chi connectivity index (χ3v) is 7.29. The van der Waals surface area contributed by atoms with Crippen molar-refractivity contribution < 1.29 is 9.13 Å². The zero-order chi connectivity index (χ0) is 23.4. The highest BCUT2D eigenvalue weighted by Crippen LogP contribution is 2.26. The normalized spacial score (nSPS) is 14.7. The molecule has 33 heavy (non-hydrogen) atoms. The molecular weight excluding hydrogens is 457 g/mol. The van der Waals surface area contributed by atoms with E-state index in [1.165, 1.54) is 44.2 Å². The monoisotopic (exact) mass is 487 g/mol. The van der Waals surface area contributed by atoms with Crippen molar-refractivity contribution in [3.8, 4) is 11.4 Å². The van der Waals surface area contributed by atoms with Gasteiger partial charge in [0.05, 0.1) is 7.11 Å². The summed E-state index contributed by atoms with van der Waals surface area (Å²) in [5.74, 6) is 0.380. The molecule has 3 aromatic rings. The fraction of sp³-hybridized carbons (Fsp3) is 0.423. The first-order valence-corrected chi connectivity index (χ1v) is 12.3. The quantitative estimate of drug-likeness (QED) is 0.331. The third kappa shape index (κ3) is 5.68. The van der Waals surface area contributed by atoms with E-state index in [1.807, 2.05) is 24.3 Å². The zero-order valence-corrected chi connectivity index (χ0v) is 20.8. The van der Waals surface area contributed by atoms with Crippen molar-refractivity contribution in [1.29, 1.82) is 0 Å². The fourth-order valence-corrected chi connectivity index (χ4v) is 5.24. The molecule has 1 aliphatic carbocycles. The predicted molar refractivity (Wildman–Crippen MR) is 135 cm³/mol. The van der Waals surface area contributed by atoms with Gasteiger partial charge in [0, 0.05) is 53.7 Å². The van der Waals surface area contributed by atoms with Crippen molar-refractivity contribution in [1.82, 2.24) is 14.0 Å². The van der Waals surface area contributed by atoms with Gasteiger partial charge in [-0.25, -0.2) is 4.39 Å². The van der Waals surface area contributed by atoms with Gasteiger partial charge in [-0.05, 0) is 74.6 Å². The fourth-order valence-electron chi connectivity index (χ4n) is 4.75. The van der Waals surface area contributed by atoms with Gasteiger partial charge >= 0.3 is 0 Å². The lowest BCUT2D eigenvalue weighted by molar-refractivity contribution is 0.185. The van der Waals surface area contributed by atoms with Crippen LogP contribution in [0.2, 0.25) is 5.02 Å². The maximum Gasteiger partial charge on any atom is 0.184 e. The van der Waals surface area contributed by atoms with Crippen LogP contribution in [0.25, 0.3) is 5.69 Å². The summed E-state index contributed by atoms with van der Waals surface area (Å²) >= 11 is 12.0. The van der Waals surface area contributed by atoms with Crippen LogP contribution in [0.15, 0.2) is 48.7 Å². The van der Waals surface area contributed by atoms with E-state index in [-0.39, 0.29) is 5.82 Å². The van der Waals surface area contributed by atoms with E-state index < -0.39 is 0 Å². The average Bonchev–Trinajstić information content (AvgIpc) is 3.13. The highest BCUT2D eigenvalue weighted by Gasteiger charge is 2.19. The summed E-state index contributed by atoms with van der Waals surface area (Å²) in [4.78, 5) is 2.47. The highest BCUT2D eigenvalue weighted by atomic mass is 35.5. The highest BCUT2D eigenvalue weighted by molar-refractivity contribution is 7.71. The zero-order valence-electron chi connectivity index (χ0n) is 19.3. The van der Waals surface area contributed by atoms with E-state index in [0.717, 1.165) is 34.8 Å². The number of likely N-dealkylation sites (N-methyl/N-ethyl adjacent to an activating group) is 1. The van der Waals surface area contributed by atoms with Gasteiger partial charge in [-0.15, -0.1) is 0 Å². The van der Waals surface area contributed by atoms with E-state index >= 15 is 0 Å². The molecule has 0 saturated heterocycles. The maximum absolute atomic E-state index is 14.0. The summed E-state index contributed by atoms with van der Waals surface area (Å²) in [7, 11) is 3.82. The molecule has 4 rings (SSSR count). The van der Waals surface area contributed by atoms with Crippen LogP contribution in [0.5, 0.6) is 5.75 Å². The van der Waals surface area contributed by atoms with E-state index in [1.54, 1.807) is 13.2 Å². The van der Waals surface area contributed by atoms with Gasteiger partial charge in [0.15, 0.2) is 4.77 Å². The lowest BCUT2D eigenvalue weighted by Gasteiger charge is -2.31. The molecule has 0 radical (unpaired) electrons. The number of aromatic nitrogens is 2. The Morgan fingerprint density at radius 2 is 1.85 bits per heavy atom. The molecular formula is C26H31ClFN3OS. The van der Waals surface area contributed by atoms with Gasteiger partial charge < -0.3 is 14.2 Å². The summed E-state index contributed by atoms with van der Waals surface area (Å²) in [6, 6.07) is 12.9. The minimum absolute atomic E-state index is 0.282. The van der Waals surface area contributed by atoms with Gasteiger partial charge in [0.1, 0.15) is 11.6 Å². The second kappa shape index (κ2) is 10.9. The largest absolute Gasteiger partial charge is 0.496 e. The third-order valence-electron chi connectivity index (χ3n) is 6.62. The van der Waals surface area contributed by atoms with Crippen molar-refractivity contribution in [2.24, 2.45) is 0 Å². The van der Waals surface area contributed by atoms with Crippen molar-refractivity contribution in [3.63, 3.8) is 0 Å². The van der Waals surface area contributed by atoms with Gasteiger partial charge in [0.25, 0.3) is 0 Å². The summed E-state index contributed by atoms with van der Waals surface area (Å²) in [5.41, 5.74) is 2.70. The molecule has 0 aliphatic heterocycles. The van der Waals surface area contributed by atoms with Crippen LogP contribution >= 0.6 is 23.8 Å². The minimum atomic E-state index is -0.282. The first kappa shape index (κ1) is 24.0. The summed E-state index contributed by atoms with van der Waals surface area (Å²) in [6.07, 6.45) is 9.14. The average molecular weight is 488 g/mol. The van der Waals surface area contributed by atoms with Gasteiger partial charge in [0.2, 0.25) is 0 Å². The topological polar surface area (TPSA) is 22.3 Å². The smallest absolute Gasteiger partial charge is 0.184 e. The lowest BCUT2D eigenvalue weighted by Crippen LogP contribution is -2.35. The first-order valence-electron chi connectivity index (χ1n) is 11.6.